The zero-order valence-corrected chi connectivity index (χ0v) is 15.3. The molecule has 7 heteroatoms. The van der Waals surface area contributed by atoms with E-state index in [1.54, 1.807) is 16.9 Å². The Morgan fingerprint density at radius 3 is 2.75 bits per heavy atom. The van der Waals surface area contributed by atoms with E-state index in [0.717, 1.165) is 68.3 Å². The number of hydrogen-bond acceptors (Lipinski definition) is 6. The average Bonchev–Trinajstić information content (AvgIpc) is 3.05. The van der Waals surface area contributed by atoms with Gasteiger partial charge in [0.1, 0.15) is 0 Å². The molecule has 0 aromatic carbocycles. The molecule has 2 aromatic heterocycles. The molecule has 4 rings (SSSR count). The summed E-state index contributed by atoms with van der Waals surface area (Å²) in [6.45, 7) is 7.54. The number of nitrogens with zero attached hydrogens (tertiary/aromatic N) is 3. The van der Waals surface area contributed by atoms with Gasteiger partial charge in [-0.05, 0) is 56.1 Å². The number of rotatable bonds is 2. The molecule has 0 unspecified atom stereocenters. The number of piperidine rings is 1. The topological polar surface area (TPSA) is 50.3 Å². The van der Waals surface area contributed by atoms with Crippen LogP contribution in [0.5, 0.6) is 0 Å². The van der Waals surface area contributed by atoms with Crippen LogP contribution < -0.4 is 10.2 Å². The third-order valence-corrected chi connectivity index (χ3v) is 6.15. The molecule has 5 nitrogen and oxygen atoms in total. The first-order chi connectivity index (χ1) is 11.7. The molecular weight excluding hydrogens is 344 g/mol. The maximum atomic E-state index is 6.18. The zero-order valence-electron chi connectivity index (χ0n) is 13.8. The van der Waals surface area contributed by atoms with Crippen molar-refractivity contribution in [3.8, 4) is 0 Å². The monoisotopic (exact) mass is 364 g/mol. The number of halogens is 1. The van der Waals surface area contributed by atoms with Gasteiger partial charge in [-0.2, -0.15) is 4.98 Å². The number of fused-ring (bicyclic) bond motifs is 1. The Labute approximate surface area is 150 Å². The van der Waals surface area contributed by atoms with E-state index in [-0.39, 0.29) is 0 Å². The molecule has 24 heavy (non-hydrogen) atoms. The molecule has 2 aliphatic heterocycles. The molecule has 2 saturated heterocycles. The number of thiophene rings is 1. The van der Waals surface area contributed by atoms with Crippen LogP contribution in [0.3, 0.4) is 0 Å². The highest BCUT2D eigenvalue weighted by Crippen LogP contribution is 2.37. The number of aromatic nitrogens is 2. The Kier molecular flexibility index (Phi) is 4.72. The molecule has 1 N–H and O–H groups in total. The van der Waals surface area contributed by atoms with Crippen molar-refractivity contribution in [3.05, 3.63) is 21.8 Å². The second-order valence-electron chi connectivity index (χ2n) is 6.22. The number of allylic oxidation sites excluding steroid dienone is 1. The summed E-state index contributed by atoms with van der Waals surface area (Å²) < 4.78 is 6.59. The van der Waals surface area contributed by atoms with Crippen molar-refractivity contribution in [2.45, 2.75) is 19.8 Å². The van der Waals surface area contributed by atoms with E-state index in [1.165, 1.54) is 10.5 Å². The molecule has 0 atom stereocenters. The molecule has 2 aliphatic rings. The van der Waals surface area contributed by atoms with Gasteiger partial charge in [0.15, 0.2) is 5.82 Å². The van der Waals surface area contributed by atoms with E-state index in [2.05, 4.69) is 33.2 Å². The minimum absolute atomic E-state index is 0.320. The quantitative estimate of drug-likeness (QED) is 0.828. The molecular formula is C17H21ClN4OS. The summed E-state index contributed by atoms with van der Waals surface area (Å²) in [6.07, 6.45) is 2.26. The molecule has 2 aromatic rings. The largest absolute Gasteiger partial charge is 0.378 e. The van der Waals surface area contributed by atoms with Crippen molar-refractivity contribution in [1.29, 1.82) is 0 Å². The van der Waals surface area contributed by atoms with Crippen LogP contribution >= 0.6 is 22.9 Å². The molecule has 0 radical (unpaired) electrons. The molecule has 0 amide bonds. The van der Waals surface area contributed by atoms with Crippen LogP contribution in [0.25, 0.3) is 15.8 Å². The highest BCUT2D eigenvalue weighted by molar-refractivity contribution is 7.20. The summed E-state index contributed by atoms with van der Waals surface area (Å²) in [5.41, 5.74) is 3.89. The zero-order chi connectivity index (χ0) is 16.5. The minimum Gasteiger partial charge on any atom is -0.378 e. The second-order valence-corrected chi connectivity index (χ2v) is 7.61. The number of ether oxygens (including phenoxy) is 1. The van der Waals surface area contributed by atoms with Gasteiger partial charge in [0.25, 0.3) is 0 Å². The van der Waals surface area contributed by atoms with E-state index in [1.807, 2.05) is 0 Å². The standard InChI is InChI=1S/C17H21ClN4OS/c1-11(12-2-4-19-5-3-12)14-10-13-15(24-14)16(21-17(18)20-13)22-6-8-23-9-7-22/h10,19H,2-9H2,1H3. The Hall–Kier alpha value is -1.21. The third-order valence-electron chi connectivity index (χ3n) is 4.74. The summed E-state index contributed by atoms with van der Waals surface area (Å²) in [7, 11) is 0. The van der Waals surface area contributed by atoms with Gasteiger partial charge in [-0.25, -0.2) is 4.98 Å². The molecule has 4 heterocycles. The smallest absolute Gasteiger partial charge is 0.224 e. The predicted octanol–water partition coefficient (Wildman–Crippen LogP) is 3.34. The molecule has 0 saturated carbocycles. The molecule has 0 bridgehead atoms. The SMILES string of the molecule is CC(=C1CCNCC1)c1cc2nc(Cl)nc(N3CCOCC3)c2s1. The van der Waals surface area contributed by atoms with Crippen molar-refractivity contribution in [3.63, 3.8) is 0 Å². The lowest BCUT2D eigenvalue weighted by molar-refractivity contribution is 0.122. The van der Waals surface area contributed by atoms with Gasteiger partial charge in [0.05, 0.1) is 23.4 Å². The highest BCUT2D eigenvalue weighted by Gasteiger charge is 2.20. The van der Waals surface area contributed by atoms with E-state index < -0.39 is 0 Å². The number of morpholine rings is 1. The summed E-state index contributed by atoms with van der Waals surface area (Å²) in [6, 6.07) is 2.17. The maximum Gasteiger partial charge on any atom is 0.224 e. The van der Waals surface area contributed by atoms with Crippen LogP contribution in [0.4, 0.5) is 5.82 Å². The van der Waals surface area contributed by atoms with Crippen LogP contribution in [-0.4, -0.2) is 49.4 Å². The first-order valence-electron chi connectivity index (χ1n) is 8.42. The van der Waals surface area contributed by atoms with Crippen LogP contribution in [0.15, 0.2) is 11.6 Å². The molecule has 2 fully saturated rings. The average molecular weight is 365 g/mol. The minimum atomic E-state index is 0.320. The fraction of sp³-hybridized carbons (Fsp3) is 0.529. The summed E-state index contributed by atoms with van der Waals surface area (Å²) in [5.74, 6) is 0.952. The first-order valence-corrected chi connectivity index (χ1v) is 9.61. The van der Waals surface area contributed by atoms with Gasteiger partial charge >= 0.3 is 0 Å². The summed E-state index contributed by atoms with van der Waals surface area (Å²) in [5, 5.41) is 3.74. The van der Waals surface area contributed by atoms with E-state index in [4.69, 9.17) is 16.3 Å². The lowest BCUT2D eigenvalue weighted by Gasteiger charge is -2.28. The van der Waals surface area contributed by atoms with E-state index in [0.29, 0.717) is 5.28 Å². The lowest BCUT2D eigenvalue weighted by atomic mass is 9.99. The second kappa shape index (κ2) is 6.96. The van der Waals surface area contributed by atoms with Crippen LogP contribution in [0.2, 0.25) is 5.28 Å². The Bertz CT molecular complexity index is 774. The molecule has 0 aliphatic carbocycles. The molecule has 0 spiro atoms. The summed E-state index contributed by atoms with van der Waals surface area (Å²) in [4.78, 5) is 12.5. The van der Waals surface area contributed by atoms with E-state index >= 15 is 0 Å². The van der Waals surface area contributed by atoms with Gasteiger partial charge < -0.3 is 15.0 Å². The third kappa shape index (κ3) is 3.16. The Morgan fingerprint density at radius 2 is 2.00 bits per heavy atom. The van der Waals surface area contributed by atoms with Gasteiger partial charge in [-0.1, -0.05) is 5.57 Å². The van der Waals surface area contributed by atoms with Crippen LogP contribution in [-0.2, 0) is 4.74 Å². The number of hydrogen-bond donors (Lipinski definition) is 1. The first kappa shape index (κ1) is 16.3. The Morgan fingerprint density at radius 1 is 1.25 bits per heavy atom. The van der Waals surface area contributed by atoms with Crippen molar-refractivity contribution in [2.75, 3.05) is 44.3 Å². The molecule has 128 valence electrons. The Balaban J connectivity index is 1.77. The number of anilines is 1. The summed E-state index contributed by atoms with van der Waals surface area (Å²) >= 11 is 7.97. The predicted molar refractivity (Wildman–Crippen MR) is 100 cm³/mol. The van der Waals surface area contributed by atoms with Crippen molar-refractivity contribution < 1.29 is 4.74 Å². The fourth-order valence-electron chi connectivity index (χ4n) is 3.34. The van der Waals surface area contributed by atoms with Crippen LogP contribution in [0, 0.1) is 0 Å². The van der Waals surface area contributed by atoms with Crippen molar-refractivity contribution in [1.82, 2.24) is 15.3 Å². The normalized spacial score (nSPS) is 19.1. The van der Waals surface area contributed by atoms with E-state index in [9.17, 15) is 0 Å². The fourth-order valence-corrected chi connectivity index (χ4v) is 4.67. The van der Waals surface area contributed by atoms with Gasteiger partial charge in [0.2, 0.25) is 5.28 Å². The lowest BCUT2D eigenvalue weighted by Crippen LogP contribution is -2.36. The van der Waals surface area contributed by atoms with Gasteiger partial charge in [0, 0.05) is 18.0 Å². The van der Waals surface area contributed by atoms with Gasteiger partial charge in [-0.3, -0.25) is 0 Å². The number of nitrogens with one attached hydrogen (secondary N) is 1. The van der Waals surface area contributed by atoms with Crippen LogP contribution in [0.1, 0.15) is 24.6 Å². The van der Waals surface area contributed by atoms with Crippen molar-refractivity contribution >= 4 is 44.5 Å². The maximum absolute atomic E-state index is 6.18. The highest BCUT2D eigenvalue weighted by atomic mass is 35.5. The van der Waals surface area contributed by atoms with Gasteiger partial charge in [-0.15, -0.1) is 11.3 Å². The van der Waals surface area contributed by atoms with Crippen molar-refractivity contribution in [2.24, 2.45) is 0 Å².